The molecule has 136 valence electrons. The van der Waals surface area contributed by atoms with Gasteiger partial charge >= 0.3 is 0 Å². The highest BCUT2D eigenvalue weighted by Gasteiger charge is 2.48. The molecule has 4 rings (SSSR count). The van der Waals surface area contributed by atoms with Crippen molar-refractivity contribution in [3.05, 3.63) is 59.2 Å². The summed E-state index contributed by atoms with van der Waals surface area (Å²) in [5.74, 6) is 1.47. The number of benzene rings is 2. The average molecular weight is 367 g/mol. The summed E-state index contributed by atoms with van der Waals surface area (Å²) in [5, 5.41) is 4.27. The smallest absolute Gasteiger partial charge is 0.188 e. The Hall–Kier alpha value is -2.07. The van der Waals surface area contributed by atoms with Gasteiger partial charge in [-0.25, -0.2) is 0 Å². The minimum Gasteiger partial charge on any atom is -0.467 e. The molecule has 0 aromatic heterocycles. The van der Waals surface area contributed by atoms with Crippen LogP contribution in [0.15, 0.2) is 42.5 Å². The molecule has 4 heteroatoms. The first-order valence-electron chi connectivity index (χ1n) is 9.44. The van der Waals surface area contributed by atoms with Crippen LogP contribution in [-0.4, -0.2) is 10.8 Å². The van der Waals surface area contributed by atoms with E-state index in [1.165, 1.54) is 16.7 Å². The number of thiocarbonyl (C=S) groups is 1. The van der Waals surface area contributed by atoms with E-state index >= 15 is 0 Å². The quantitative estimate of drug-likeness (QED) is 0.744. The number of aryl methyl sites for hydroxylation is 1. The normalized spacial score (nSPS) is 24.1. The van der Waals surface area contributed by atoms with Crippen molar-refractivity contribution in [2.75, 3.05) is 4.90 Å². The highest BCUT2D eigenvalue weighted by Crippen LogP contribution is 2.45. The number of fused-ring (bicyclic) bond motifs is 4. The van der Waals surface area contributed by atoms with E-state index in [1.807, 2.05) is 0 Å². The van der Waals surface area contributed by atoms with Crippen molar-refractivity contribution in [1.29, 1.82) is 0 Å². The molecule has 0 spiro atoms. The van der Waals surface area contributed by atoms with Crippen molar-refractivity contribution < 1.29 is 4.74 Å². The molecule has 1 N–H and O–H groups in total. The van der Waals surface area contributed by atoms with Gasteiger partial charge in [0.1, 0.15) is 5.75 Å². The number of hydrogen-bond acceptors (Lipinski definition) is 2. The molecule has 0 aliphatic carbocycles. The lowest BCUT2D eigenvalue weighted by atomic mass is 9.89. The standard InChI is InChI=1S/C22H26N2OS/c1-5-15-6-11-20-18(12-15)19-13-22(4,25-20)24(21(26)23-19)17-9-7-16(8-10-17)14(2)3/h6-12,14,19H,5,13H2,1-4H3,(H,23,26). The number of nitrogens with one attached hydrogen (secondary N) is 1. The molecule has 2 aromatic carbocycles. The van der Waals surface area contributed by atoms with Crippen molar-refractivity contribution in [3.63, 3.8) is 0 Å². The van der Waals surface area contributed by atoms with Crippen LogP contribution in [0.4, 0.5) is 5.69 Å². The number of nitrogens with zero attached hydrogens (tertiary/aromatic N) is 1. The third-order valence-electron chi connectivity index (χ3n) is 5.56. The second-order valence-electron chi connectivity index (χ2n) is 7.79. The lowest BCUT2D eigenvalue weighted by Crippen LogP contribution is -2.65. The molecule has 2 atom stereocenters. The van der Waals surface area contributed by atoms with E-state index in [1.54, 1.807) is 0 Å². The fraction of sp³-hybridized carbons (Fsp3) is 0.409. The lowest BCUT2D eigenvalue weighted by molar-refractivity contribution is 0.0497. The Kier molecular flexibility index (Phi) is 4.19. The SMILES string of the molecule is CCc1ccc2c(c1)C1CC(C)(O2)N(c2ccc(C(C)C)cc2)C(=S)N1. The van der Waals surface area contributed by atoms with Gasteiger partial charge in [0.25, 0.3) is 0 Å². The van der Waals surface area contributed by atoms with Gasteiger partial charge in [0.05, 0.1) is 6.04 Å². The topological polar surface area (TPSA) is 24.5 Å². The van der Waals surface area contributed by atoms with Gasteiger partial charge in [-0.3, -0.25) is 4.90 Å². The molecule has 3 nitrogen and oxygen atoms in total. The second kappa shape index (κ2) is 6.27. The highest BCUT2D eigenvalue weighted by atomic mass is 32.1. The first-order chi connectivity index (χ1) is 12.4. The molecule has 2 aliphatic rings. The van der Waals surface area contributed by atoms with Gasteiger partial charge in [0.15, 0.2) is 10.8 Å². The van der Waals surface area contributed by atoms with Crippen molar-refractivity contribution in [2.45, 2.75) is 58.2 Å². The summed E-state index contributed by atoms with van der Waals surface area (Å²) < 4.78 is 6.50. The second-order valence-corrected chi connectivity index (χ2v) is 8.18. The summed E-state index contributed by atoms with van der Waals surface area (Å²) in [5.41, 5.74) is 4.47. The number of rotatable bonds is 3. The van der Waals surface area contributed by atoms with Crippen LogP contribution >= 0.6 is 12.2 Å². The maximum atomic E-state index is 6.50. The molecule has 0 amide bonds. The maximum absolute atomic E-state index is 6.50. The zero-order valence-electron chi connectivity index (χ0n) is 15.9. The molecule has 0 saturated carbocycles. The van der Waals surface area contributed by atoms with Crippen LogP contribution in [0.1, 0.15) is 62.8 Å². The summed E-state index contributed by atoms with van der Waals surface area (Å²) in [7, 11) is 0. The third-order valence-corrected chi connectivity index (χ3v) is 5.86. The molecule has 2 aliphatic heterocycles. The van der Waals surface area contributed by atoms with E-state index in [2.05, 4.69) is 80.4 Å². The van der Waals surface area contributed by atoms with E-state index in [0.717, 1.165) is 29.4 Å². The van der Waals surface area contributed by atoms with E-state index in [9.17, 15) is 0 Å². The van der Waals surface area contributed by atoms with Crippen LogP contribution in [0.2, 0.25) is 0 Å². The van der Waals surface area contributed by atoms with Gasteiger partial charge in [-0.2, -0.15) is 0 Å². The number of hydrogen-bond donors (Lipinski definition) is 1. The Bertz CT molecular complexity index is 846. The van der Waals surface area contributed by atoms with Crippen LogP contribution in [0.25, 0.3) is 0 Å². The summed E-state index contributed by atoms with van der Waals surface area (Å²) in [6.07, 6.45) is 1.88. The van der Waals surface area contributed by atoms with Crippen molar-refractivity contribution >= 4 is 23.0 Å². The summed E-state index contributed by atoms with van der Waals surface area (Å²) in [6, 6.07) is 15.4. The largest absolute Gasteiger partial charge is 0.467 e. The lowest BCUT2D eigenvalue weighted by Gasteiger charge is -2.52. The van der Waals surface area contributed by atoms with Crippen LogP contribution in [0.3, 0.4) is 0 Å². The van der Waals surface area contributed by atoms with Crippen LogP contribution in [0.5, 0.6) is 5.75 Å². The van der Waals surface area contributed by atoms with E-state index in [4.69, 9.17) is 17.0 Å². The van der Waals surface area contributed by atoms with E-state index in [-0.39, 0.29) is 6.04 Å². The summed E-state index contributed by atoms with van der Waals surface area (Å²) in [4.78, 5) is 2.12. The molecule has 2 unspecified atom stereocenters. The Labute approximate surface area is 161 Å². The number of ether oxygens (including phenoxy) is 1. The third kappa shape index (κ3) is 2.77. The molecule has 2 bridgehead atoms. The first-order valence-corrected chi connectivity index (χ1v) is 9.84. The fourth-order valence-electron chi connectivity index (χ4n) is 4.04. The van der Waals surface area contributed by atoms with Crippen molar-refractivity contribution in [3.8, 4) is 5.75 Å². The first kappa shape index (κ1) is 17.3. The zero-order chi connectivity index (χ0) is 18.5. The van der Waals surface area contributed by atoms with E-state index in [0.29, 0.717) is 5.92 Å². The van der Waals surface area contributed by atoms with Gasteiger partial charge in [-0.05, 0) is 60.8 Å². The van der Waals surface area contributed by atoms with Crippen LogP contribution in [0, 0.1) is 0 Å². The van der Waals surface area contributed by atoms with Crippen LogP contribution < -0.4 is 15.0 Å². The van der Waals surface area contributed by atoms with Crippen LogP contribution in [-0.2, 0) is 6.42 Å². The highest BCUT2D eigenvalue weighted by molar-refractivity contribution is 7.80. The minimum absolute atomic E-state index is 0.203. The Morgan fingerprint density at radius 3 is 2.62 bits per heavy atom. The van der Waals surface area contributed by atoms with Gasteiger partial charge in [-0.15, -0.1) is 0 Å². The molecule has 26 heavy (non-hydrogen) atoms. The van der Waals surface area contributed by atoms with Gasteiger partial charge in [-0.1, -0.05) is 45.0 Å². The predicted octanol–water partition coefficient (Wildman–Crippen LogP) is 5.31. The monoisotopic (exact) mass is 366 g/mol. The van der Waals surface area contributed by atoms with Crippen molar-refractivity contribution in [2.24, 2.45) is 0 Å². The van der Waals surface area contributed by atoms with E-state index < -0.39 is 5.72 Å². The van der Waals surface area contributed by atoms with Crippen molar-refractivity contribution in [1.82, 2.24) is 5.32 Å². The molecule has 1 fully saturated rings. The maximum Gasteiger partial charge on any atom is 0.188 e. The zero-order valence-corrected chi connectivity index (χ0v) is 16.7. The van der Waals surface area contributed by atoms with Gasteiger partial charge in [0.2, 0.25) is 0 Å². The summed E-state index contributed by atoms with van der Waals surface area (Å²) in [6.45, 7) is 8.73. The predicted molar refractivity (Wildman–Crippen MR) is 111 cm³/mol. The Morgan fingerprint density at radius 2 is 1.96 bits per heavy atom. The molecule has 2 aromatic rings. The van der Waals surface area contributed by atoms with Gasteiger partial charge < -0.3 is 10.1 Å². The molecule has 1 saturated heterocycles. The number of anilines is 1. The average Bonchev–Trinajstić information content (AvgIpc) is 2.61. The molecular formula is C22H26N2OS. The molecular weight excluding hydrogens is 340 g/mol. The van der Waals surface area contributed by atoms with Gasteiger partial charge in [0, 0.05) is 17.7 Å². The molecule has 0 radical (unpaired) electrons. The Morgan fingerprint density at radius 1 is 1.23 bits per heavy atom. The molecule has 2 heterocycles. The summed E-state index contributed by atoms with van der Waals surface area (Å²) >= 11 is 5.74. The Balaban J connectivity index is 1.72. The fourth-order valence-corrected chi connectivity index (χ4v) is 4.48. The minimum atomic E-state index is -0.479.